The molecule has 0 unspecified atom stereocenters. The first-order valence-electron chi connectivity index (χ1n) is 9.02. The molecule has 0 saturated heterocycles. The van der Waals surface area contributed by atoms with Gasteiger partial charge in [0.1, 0.15) is 12.7 Å². The molecular weight excluding hydrogens is 356 g/mol. The highest BCUT2D eigenvalue weighted by molar-refractivity contribution is 7.91. The van der Waals surface area contributed by atoms with Crippen molar-refractivity contribution in [2.24, 2.45) is 0 Å². The van der Waals surface area contributed by atoms with E-state index in [2.05, 4.69) is 0 Å². The third-order valence-corrected chi connectivity index (χ3v) is 5.49. The van der Waals surface area contributed by atoms with E-state index in [0.717, 1.165) is 0 Å². The minimum Gasteiger partial charge on any atom is -0.462 e. The van der Waals surface area contributed by atoms with E-state index in [1.807, 2.05) is 13.8 Å². The fourth-order valence-electron chi connectivity index (χ4n) is 2.33. The molecule has 0 amide bonds. The van der Waals surface area contributed by atoms with Crippen molar-refractivity contribution in [3.05, 3.63) is 30.3 Å². The van der Waals surface area contributed by atoms with Crippen molar-refractivity contribution < 1.29 is 27.5 Å². The van der Waals surface area contributed by atoms with Gasteiger partial charge in [0, 0.05) is 12.8 Å². The third-order valence-electron chi connectivity index (χ3n) is 3.68. The van der Waals surface area contributed by atoms with Gasteiger partial charge in [-0.05, 0) is 37.8 Å². The van der Waals surface area contributed by atoms with Gasteiger partial charge in [0.05, 0.1) is 10.6 Å². The Morgan fingerprint density at radius 3 is 2.23 bits per heavy atom. The van der Waals surface area contributed by atoms with E-state index in [1.165, 1.54) is 0 Å². The molecule has 146 valence electrons. The van der Waals surface area contributed by atoms with E-state index in [1.54, 1.807) is 30.3 Å². The summed E-state index contributed by atoms with van der Waals surface area (Å²) >= 11 is 0. The molecule has 6 nitrogen and oxygen atoms in total. The highest BCUT2D eigenvalue weighted by Gasteiger charge is 2.19. The molecule has 0 aromatic heterocycles. The van der Waals surface area contributed by atoms with Crippen LogP contribution in [0.5, 0.6) is 0 Å². The molecule has 0 aliphatic heterocycles. The number of hydrogen-bond donors (Lipinski definition) is 0. The van der Waals surface area contributed by atoms with Crippen LogP contribution in [0.1, 0.15) is 52.4 Å². The summed E-state index contributed by atoms with van der Waals surface area (Å²) in [6.07, 6.45) is 1.92. The molecule has 0 N–H and O–H groups in total. The SMILES string of the molecule is CCCC(=O)OC[C@@H](CCCS(=O)(=O)c1ccccc1)OC(=O)CCC. The van der Waals surface area contributed by atoms with Crippen LogP contribution in [-0.4, -0.2) is 38.8 Å². The maximum absolute atomic E-state index is 12.3. The molecule has 0 heterocycles. The number of ether oxygens (including phenoxy) is 2. The Labute approximate surface area is 155 Å². The molecule has 7 heteroatoms. The van der Waals surface area contributed by atoms with Crippen molar-refractivity contribution in [2.75, 3.05) is 12.4 Å². The highest BCUT2D eigenvalue weighted by Crippen LogP contribution is 2.14. The lowest BCUT2D eigenvalue weighted by Crippen LogP contribution is -2.26. The van der Waals surface area contributed by atoms with E-state index in [-0.39, 0.29) is 35.6 Å². The van der Waals surface area contributed by atoms with Crippen LogP contribution in [0.25, 0.3) is 0 Å². The van der Waals surface area contributed by atoms with Gasteiger partial charge in [-0.1, -0.05) is 32.0 Å². The Hall–Kier alpha value is -1.89. The standard InChI is InChI=1S/C19H28O6S/c1-3-9-18(20)24-15-16(25-19(21)10-4-2)11-8-14-26(22,23)17-12-6-5-7-13-17/h5-7,12-13,16H,3-4,8-11,14-15H2,1-2H3/t16-/m1/s1. The summed E-state index contributed by atoms with van der Waals surface area (Å²) in [6.45, 7) is 3.69. The number of sulfone groups is 1. The third kappa shape index (κ3) is 8.47. The zero-order valence-corrected chi connectivity index (χ0v) is 16.3. The molecule has 0 saturated carbocycles. The van der Waals surface area contributed by atoms with Crippen LogP contribution in [0.15, 0.2) is 35.2 Å². The molecule has 0 aliphatic carbocycles. The van der Waals surface area contributed by atoms with Gasteiger partial charge < -0.3 is 9.47 Å². The lowest BCUT2D eigenvalue weighted by atomic mass is 10.2. The van der Waals surface area contributed by atoms with Crippen molar-refractivity contribution in [1.29, 1.82) is 0 Å². The maximum Gasteiger partial charge on any atom is 0.306 e. The lowest BCUT2D eigenvalue weighted by Gasteiger charge is -2.18. The first-order valence-corrected chi connectivity index (χ1v) is 10.7. The Kier molecular flexibility index (Phi) is 9.95. The molecule has 0 radical (unpaired) electrons. The maximum atomic E-state index is 12.3. The second kappa shape index (κ2) is 11.7. The molecule has 0 fully saturated rings. The number of rotatable bonds is 12. The normalized spacial score (nSPS) is 12.4. The molecule has 1 rings (SSSR count). The molecular formula is C19H28O6S. The predicted octanol–water partition coefficient (Wildman–Crippen LogP) is 3.30. The minimum atomic E-state index is -3.38. The summed E-state index contributed by atoms with van der Waals surface area (Å²) in [5, 5.41) is 0. The summed E-state index contributed by atoms with van der Waals surface area (Å²) < 4.78 is 35.0. The monoisotopic (exact) mass is 384 g/mol. The van der Waals surface area contributed by atoms with E-state index >= 15 is 0 Å². The number of esters is 2. The Morgan fingerprint density at radius 2 is 1.62 bits per heavy atom. The van der Waals surface area contributed by atoms with Gasteiger partial charge in [-0.3, -0.25) is 9.59 Å². The summed E-state index contributed by atoms with van der Waals surface area (Å²) in [5.74, 6) is -0.766. The van der Waals surface area contributed by atoms with Crippen LogP contribution in [0.2, 0.25) is 0 Å². The van der Waals surface area contributed by atoms with Crippen LogP contribution in [0.4, 0.5) is 0 Å². The molecule has 0 spiro atoms. The number of carbonyl (C=O) groups is 2. The van der Waals surface area contributed by atoms with Crippen molar-refractivity contribution >= 4 is 21.8 Å². The van der Waals surface area contributed by atoms with Gasteiger partial charge in [0.2, 0.25) is 0 Å². The first kappa shape index (κ1) is 22.2. The highest BCUT2D eigenvalue weighted by atomic mass is 32.2. The fraction of sp³-hybridized carbons (Fsp3) is 0.579. The Bertz CT molecular complexity index is 654. The first-order chi connectivity index (χ1) is 12.4. The summed E-state index contributed by atoms with van der Waals surface area (Å²) in [7, 11) is -3.38. The topological polar surface area (TPSA) is 86.7 Å². The lowest BCUT2D eigenvalue weighted by molar-refractivity contribution is -0.159. The number of benzene rings is 1. The fourth-order valence-corrected chi connectivity index (χ4v) is 3.69. The second-order valence-electron chi connectivity index (χ2n) is 6.07. The number of carbonyl (C=O) groups excluding carboxylic acids is 2. The second-order valence-corrected chi connectivity index (χ2v) is 8.18. The van der Waals surface area contributed by atoms with Gasteiger partial charge in [-0.15, -0.1) is 0 Å². The van der Waals surface area contributed by atoms with Crippen molar-refractivity contribution in [1.82, 2.24) is 0 Å². The molecule has 26 heavy (non-hydrogen) atoms. The molecule has 0 aliphatic rings. The van der Waals surface area contributed by atoms with E-state index < -0.39 is 15.9 Å². The zero-order valence-electron chi connectivity index (χ0n) is 15.5. The molecule has 1 atom stereocenters. The van der Waals surface area contributed by atoms with Gasteiger partial charge in [-0.2, -0.15) is 0 Å². The van der Waals surface area contributed by atoms with Gasteiger partial charge in [0.25, 0.3) is 0 Å². The quantitative estimate of drug-likeness (QED) is 0.514. The summed E-state index contributed by atoms with van der Waals surface area (Å²) in [6, 6.07) is 8.22. The largest absolute Gasteiger partial charge is 0.462 e. The van der Waals surface area contributed by atoms with Crippen LogP contribution < -0.4 is 0 Å². The van der Waals surface area contributed by atoms with E-state index in [9.17, 15) is 18.0 Å². The number of hydrogen-bond acceptors (Lipinski definition) is 6. The van der Waals surface area contributed by atoms with Gasteiger partial charge in [-0.25, -0.2) is 8.42 Å². The Morgan fingerprint density at radius 1 is 1.00 bits per heavy atom. The Balaban J connectivity index is 2.58. The molecule has 1 aromatic rings. The average molecular weight is 384 g/mol. The summed E-state index contributed by atoms with van der Waals surface area (Å²) in [5.41, 5.74) is 0. The van der Waals surface area contributed by atoms with Crippen molar-refractivity contribution in [3.63, 3.8) is 0 Å². The van der Waals surface area contributed by atoms with Gasteiger partial charge in [0.15, 0.2) is 9.84 Å². The van der Waals surface area contributed by atoms with E-state index in [0.29, 0.717) is 32.1 Å². The minimum absolute atomic E-state index is 0.0420. The van der Waals surface area contributed by atoms with Gasteiger partial charge >= 0.3 is 11.9 Å². The van der Waals surface area contributed by atoms with Crippen LogP contribution in [-0.2, 0) is 28.9 Å². The molecule has 1 aromatic carbocycles. The molecule has 0 bridgehead atoms. The summed E-state index contributed by atoms with van der Waals surface area (Å²) in [4.78, 5) is 23.5. The van der Waals surface area contributed by atoms with E-state index in [4.69, 9.17) is 9.47 Å². The average Bonchev–Trinajstić information content (AvgIpc) is 2.60. The van der Waals surface area contributed by atoms with Crippen LogP contribution in [0.3, 0.4) is 0 Å². The van der Waals surface area contributed by atoms with Crippen molar-refractivity contribution in [3.8, 4) is 0 Å². The van der Waals surface area contributed by atoms with Crippen LogP contribution >= 0.6 is 0 Å². The zero-order chi connectivity index (χ0) is 19.4. The van der Waals surface area contributed by atoms with Crippen LogP contribution in [0, 0.1) is 0 Å². The smallest absolute Gasteiger partial charge is 0.306 e. The van der Waals surface area contributed by atoms with Crippen molar-refractivity contribution in [2.45, 2.75) is 63.4 Å². The predicted molar refractivity (Wildman–Crippen MR) is 98.4 cm³/mol.